The van der Waals surface area contributed by atoms with E-state index in [1.54, 1.807) is 0 Å². The number of benzene rings is 1. The van der Waals surface area contributed by atoms with E-state index in [1.807, 2.05) is 34.9 Å². The Balaban J connectivity index is 1.56. The van der Waals surface area contributed by atoms with Gasteiger partial charge in [-0.3, -0.25) is 0 Å². The summed E-state index contributed by atoms with van der Waals surface area (Å²) in [6.07, 6.45) is 5.16. The number of carbonyl (C=O) groups excluding carboxylic acids is 1. The molecule has 0 saturated carbocycles. The number of esters is 1. The molecule has 1 aromatic heterocycles. The number of ether oxygens (including phenoxy) is 3. The molecule has 0 spiro atoms. The molecule has 5 heteroatoms. The number of carbonyl (C=O) groups is 1. The van der Waals surface area contributed by atoms with Gasteiger partial charge >= 0.3 is 5.97 Å². The SMILES string of the molecule is COC(=O)c1cc2ccccc2n1CCCCOC1CCCCO1. The van der Waals surface area contributed by atoms with E-state index in [0.717, 1.165) is 49.7 Å². The lowest BCUT2D eigenvalue weighted by atomic mass is 10.2. The molecule has 1 unspecified atom stereocenters. The highest BCUT2D eigenvalue weighted by Gasteiger charge is 2.16. The van der Waals surface area contributed by atoms with Crippen LogP contribution in [0.5, 0.6) is 0 Å². The number of methoxy groups -OCH3 is 1. The Hall–Kier alpha value is -1.85. The van der Waals surface area contributed by atoms with Crippen LogP contribution in [0, 0.1) is 0 Å². The molecule has 1 atom stereocenters. The maximum absolute atomic E-state index is 12.0. The smallest absolute Gasteiger partial charge is 0.354 e. The minimum Gasteiger partial charge on any atom is -0.464 e. The van der Waals surface area contributed by atoms with Crippen LogP contribution in [0.25, 0.3) is 10.9 Å². The fraction of sp³-hybridized carbons (Fsp3) is 0.526. The zero-order valence-electron chi connectivity index (χ0n) is 14.2. The first-order valence-corrected chi connectivity index (χ1v) is 8.69. The first-order chi connectivity index (χ1) is 11.8. The second-order valence-electron chi connectivity index (χ2n) is 6.11. The monoisotopic (exact) mass is 331 g/mol. The summed E-state index contributed by atoms with van der Waals surface area (Å²) in [6, 6.07) is 9.92. The van der Waals surface area contributed by atoms with Crippen molar-refractivity contribution in [1.82, 2.24) is 4.57 Å². The van der Waals surface area contributed by atoms with E-state index in [-0.39, 0.29) is 12.3 Å². The largest absolute Gasteiger partial charge is 0.464 e. The van der Waals surface area contributed by atoms with Gasteiger partial charge in [0.25, 0.3) is 0 Å². The van der Waals surface area contributed by atoms with Crippen LogP contribution in [0.4, 0.5) is 0 Å². The molecule has 1 aliphatic heterocycles. The lowest BCUT2D eigenvalue weighted by Gasteiger charge is -2.22. The standard InChI is InChI=1S/C19H25NO4/c1-22-19(21)17-14-15-8-2-3-9-16(15)20(17)11-5-7-13-24-18-10-4-6-12-23-18/h2-3,8-9,14,18H,4-7,10-13H2,1H3. The van der Waals surface area contributed by atoms with Crippen LogP contribution >= 0.6 is 0 Å². The van der Waals surface area contributed by atoms with Crippen molar-refractivity contribution in [3.63, 3.8) is 0 Å². The van der Waals surface area contributed by atoms with Gasteiger partial charge in [-0.1, -0.05) is 18.2 Å². The Labute approximate surface area is 142 Å². The van der Waals surface area contributed by atoms with Gasteiger partial charge < -0.3 is 18.8 Å². The van der Waals surface area contributed by atoms with E-state index in [4.69, 9.17) is 14.2 Å². The van der Waals surface area contributed by atoms with Gasteiger partial charge in [-0.2, -0.15) is 0 Å². The summed E-state index contributed by atoms with van der Waals surface area (Å²) in [5.41, 5.74) is 1.67. The number of aryl methyl sites for hydroxylation is 1. The fourth-order valence-corrected chi connectivity index (χ4v) is 3.15. The normalized spacial score (nSPS) is 18.0. The highest BCUT2D eigenvalue weighted by atomic mass is 16.7. The first-order valence-electron chi connectivity index (χ1n) is 8.69. The number of hydrogen-bond donors (Lipinski definition) is 0. The summed E-state index contributed by atoms with van der Waals surface area (Å²) in [7, 11) is 1.42. The van der Waals surface area contributed by atoms with Crippen molar-refractivity contribution in [2.75, 3.05) is 20.3 Å². The van der Waals surface area contributed by atoms with E-state index >= 15 is 0 Å². The van der Waals surface area contributed by atoms with Gasteiger partial charge in [-0.25, -0.2) is 4.79 Å². The van der Waals surface area contributed by atoms with E-state index in [0.29, 0.717) is 12.3 Å². The zero-order chi connectivity index (χ0) is 16.8. The number of fused-ring (bicyclic) bond motifs is 1. The highest BCUT2D eigenvalue weighted by molar-refractivity contribution is 5.95. The third-order valence-electron chi connectivity index (χ3n) is 4.42. The first kappa shape index (κ1) is 17.0. The number of unbranched alkanes of at least 4 members (excludes halogenated alkanes) is 1. The topological polar surface area (TPSA) is 49.7 Å². The minimum atomic E-state index is -0.293. The molecule has 0 N–H and O–H groups in total. The second kappa shape index (κ2) is 8.31. The van der Waals surface area contributed by atoms with Crippen LogP contribution in [-0.2, 0) is 20.8 Å². The molecule has 1 aliphatic rings. The predicted octanol–water partition coefficient (Wildman–Crippen LogP) is 3.75. The van der Waals surface area contributed by atoms with Crippen LogP contribution in [0.3, 0.4) is 0 Å². The van der Waals surface area contributed by atoms with Crippen LogP contribution < -0.4 is 0 Å². The molecule has 5 nitrogen and oxygen atoms in total. The molecule has 0 bridgehead atoms. The van der Waals surface area contributed by atoms with Crippen LogP contribution in [-0.4, -0.2) is 37.1 Å². The number of rotatable bonds is 7. The van der Waals surface area contributed by atoms with E-state index < -0.39 is 0 Å². The molecule has 1 aromatic carbocycles. The third-order valence-corrected chi connectivity index (χ3v) is 4.42. The van der Waals surface area contributed by atoms with Gasteiger partial charge in [-0.05, 0) is 44.2 Å². The molecule has 1 fully saturated rings. The fourth-order valence-electron chi connectivity index (χ4n) is 3.15. The molecular weight excluding hydrogens is 306 g/mol. The van der Waals surface area contributed by atoms with Crippen molar-refractivity contribution in [2.24, 2.45) is 0 Å². The predicted molar refractivity (Wildman–Crippen MR) is 92.1 cm³/mol. The lowest BCUT2D eigenvalue weighted by molar-refractivity contribution is -0.162. The molecule has 0 radical (unpaired) electrons. The van der Waals surface area contributed by atoms with Gasteiger partial charge in [0.1, 0.15) is 5.69 Å². The Morgan fingerprint density at radius 3 is 2.96 bits per heavy atom. The van der Waals surface area contributed by atoms with Gasteiger partial charge in [0.15, 0.2) is 6.29 Å². The molecule has 130 valence electrons. The van der Waals surface area contributed by atoms with Crippen molar-refractivity contribution < 1.29 is 19.0 Å². The van der Waals surface area contributed by atoms with Crippen molar-refractivity contribution in [3.8, 4) is 0 Å². The van der Waals surface area contributed by atoms with Gasteiger partial charge in [0, 0.05) is 30.7 Å². The summed E-state index contributed by atoms with van der Waals surface area (Å²) in [4.78, 5) is 12.0. The Bertz CT molecular complexity index is 673. The molecule has 3 rings (SSSR count). The average Bonchev–Trinajstić information content (AvgIpc) is 3.00. The van der Waals surface area contributed by atoms with Crippen molar-refractivity contribution in [1.29, 1.82) is 0 Å². The molecule has 1 saturated heterocycles. The Morgan fingerprint density at radius 1 is 1.29 bits per heavy atom. The van der Waals surface area contributed by atoms with E-state index in [2.05, 4.69) is 0 Å². The summed E-state index contributed by atoms with van der Waals surface area (Å²) < 4.78 is 18.3. The summed E-state index contributed by atoms with van der Waals surface area (Å²) in [5, 5.41) is 1.06. The quantitative estimate of drug-likeness (QED) is 0.573. The zero-order valence-corrected chi connectivity index (χ0v) is 14.2. The van der Waals surface area contributed by atoms with Crippen molar-refractivity contribution in [2.45, 2.75) is 44.9 Å². The minimum absolute atomic E-state index is 0.0308. The third kappa shape index (κ3) is 3.97. The molecule has 2 heterocycles. The van der Waals surface area contributed by atoms with E-state index in [9.17, 15) is 4.79 Å². The summed E-state index contributed by atoms with van der Waals surface area (Å²) in [6.45, 7) is 2.27. The van der Waals surface area contributed by atoms with Crippen molar-refractivity contribution >= 4 is 16.9 Å². The molecule has 24 heavy (non-hydrogen) atoms. The lowest BCUT2D eigenvalue weighted by Crippen LogP contribution is -2.22. The van der Waals surface area contributed by atoms with Crippen LogP contribution in [0.1, 0.15) is 42.6 Å². The number of hydrogen-bond acceptors (Lipinski definition) is 4. The van der Waals surface area contributed by atoms with Crippen LogP contribution in [0.2, 0.25) is 0 Å². The average molecular weight is 331 g/mol. The Kier molecular flexibility index (Phi) is 5.88. The maximum Gasteiger partial charge on any atom is 0.354 e. The highest BCUT2D eigenvalue weighted by Crippen LogP contribution is 2.21. The number of nitrogens with zero attached hydrogens (tertiary/aromatic N) is 1. The van der Waals surface area contributed by atoms with Gasteiger partial charge in [0.2, 0.25) is 0 Å². The van der Waals surface area contributed by atoms with E-state index in [1.165, 1.54) is 13.5 Å². The molecule has 0 amide bonds. The van der Waals surface area contributed by atoms with Gasteiger partial charge in [0.05, 0.1) is 7.11 Å². The second-order valence-corrected chi connectivity index (χ2v) is 6.11. The maximum atomic E-state index is 12.0. The number of para-hydroxylation sites is 1. The number of aromatic nitrogens is 1. The van der Waals surface area contributed by atoms with Gasteiger partial charge in [-0.15, -0.1) is 0 Å². The van der Waals surface area contributed by atoms with Crippen molar-refractivity contribution in [3.05, 3.63) is 36.0 Å². The molecule has 2 aromatic rings. The van der Waals surface area contributed by atoms with Crippen LogP contribution in [0.15, 0.2) is 30.3 Å². The summed E-state index contributed by atoms with van der Waals surface area (Å²) in [5.74, 6) is -0.293. The molecule has 0 aliphatic carbocycles. The molecular formula is C19H25NO4. The Morgan fingerprint density at radius 2 is 2.17 bits per heavy atom. The summed E-state index contributed by atoms with van der Waals surface area (Å²) >= 11 is 0.